The van der Waals surface area contributed by atoms with Gasteiger partial charge in [0.1, 0.15) is 6.61 Å². The van der Waals surface area contributed by atoms with Crippen molar-refractivity contribution in [3.05, 3.63) is 58.4 Å². The first-order chi connectivity index (χ1) is 16.8. The quantitative estimate of drug-likeness (QED) is 0.414. The molecule has 4 rings (SSSR count). The van der Waals surface area contributed by atoms with E-state index in [4.69, 9.17) is 16.3 Å². The van der Waals surface area contributed by atoms with Gasteiger partial charge in [0.15, 0.2) is 27.3 Å². The first-order valence-electron chi connectivity index (χ1n) is 11.2. The number of sulfone groups is 1. The van der Waals surface area contributed by atoms with E-state index in [9.17, 15) is 36.3 Å². The highest BCUT2D eigenvalue weighted by atomic mass is 35.5. The molecule has 4 atom stereocenters. The van der Waals surface area contributed by atoms with Crippen molar-refractivity contribution in [1.82, 2.24) is 0 Å². The molecule has 2 aliphatic rings. The Morgan fingerprint density at radius 2 is 1.69 bits per heavy atom. The van der Waals surface area contributed by atoms with E-state index in [0.717, 1.165) is 6.07 Å². The van der Waals surface area contributed by atoms with Gasteiger partial charge in [-0.2, -0.15) is 0 Å². The van der Waals surface area contributed by atoms with Gasteiger partial charge < -0.3 is 15.2 Å². The lowest BCUT2D eigenvalue weighted by Crippen LogP contribution is -2.48. The molecule has 3 unspecified atom stereocenters. The van der Waals surface area contributed by atoms with Crippen molar-refractivity contribution in [2.75, 3.05) is 11.9 Å². The predicted molar refractivity (Wildman–Crippen MR) is 124 cm³/mol. The molecule has 36 heavy (non-hydrogen) atoms. The van der Waals surface area contributed by atoms with E-state index in [1.54, 1.807) is 0 Å². The molecule has 0 aromatic heterocycles. The van der Waals surface area contributed by atoms with E-state index in [2.05, 4.69) is 5.32 Å². The van der Waals surface area contributed by atoms with Crippen LogP contribution in [-0.2, 0) is 19.4 Å². The minimum absolute atomic E-state index is 0.106. The summed E-state index contributed by atoms with van der Waals surface area (Å²) < 4.78 is 72.5. The topological polar surface area (TPSA) is 110 Å². The molecule has 2 saturated carbocycles. The van der Waals surface area contributed by atoms with Crippen molar-refractivity contribution in [3.63, 3.8) is 0 Å². The van der Waals surface area contributed by atoms with Crippen LogP contribution in [0.15, 0.2) is 35.2 Å². The zero-order valence-electron chi connectivity index (χ0n) is 19.1. The molecule has 2 N–H and O–H groups in total. The SMILES string of the molecule is CC(=O)OCC1(O)CC2CC[C@@H](C1)C2S(=O)(=O)c1cc(C(=O)Nc2cc(F)c(F)c(F)c2)ccc1Cl. The maximum absolute atomic E-state index is 13.7. The number of hydrogen-bond acceptors (Lipinski definition) is 6. The van der Waals surface area contributed by atoms with Crippen LogP contribution in [0.1, 0.15) is 43.0 Å². The molecule has 2 aliphatic carbocycles. The zero-order valence-corrected chi connectivity index (χ0v) is 20.6. The molecule has 12 heteroatoms. The lowest BCUT2D eigenvalue weighted by atomic mass is 9.77. The largest absolute Gasteiger partial charge is 0.463 e. The van der Waals surface area contributed by atoms with Crippen molar-refractivity contribution in [2.24, 2.45) is 11.8 Å². The van der Waals surface area contributed by atoms with E-state index in [1.807, 2.05) is 0 Å². The fraction of sp³-hybridized carbons (Fsp3) is 0.417. The van der Waals surface area contributed by atoms with Gasteiger partial charge in [0, 0.05) is 30.3 Å². The Morgan fingerprint density at radius 1 is 1.11 bits per heavy atom. The van der Waals surface area contributed by atoms with E-state index in [1.165, 1.54) is 19.1 Å². The second-order valence-corrected chi connectivity index (χ2v) is 11.9. The number of halogens is 4. The number of benzene rings is 2. The molecule has 2 fully saturated rings. The number of fused-ring (bicyclic) bond motifs is 2. The van der Waals surface area contributed by atoms with Crippen LogP contribution in [0.25, 0.3) is 0 Å². The highest BCUT2D eigenvalue weighted by Crippen LogP contribution is 2.51. The third kappa shape index (κ3) is 5.09. The molecule has 1 amide bonds. The van der Waals surface area contributed by atoms with Gasteiger partial charge in [-0.15, -0.1) is 0 Å². The van der Waals surface area contributed by atoms with Crippen molar-refractivity contribution >= 4 is 39.0 Å². The zero-order chi connectivity index (χ0) is 26.4. The van der Waals surface area contributed by atoms with Gasteiger partial charge in [-0.25, -0.2) is 21.6 Å². The van der Waals surface area contributed by atoms with Gasteiger partial charge in [0.25, 0.3) is 5.91 Å². The molecule has 2 bridgehead atoms. The number of amides is 1. The summed E-state index contributed by atoms with van der Waals surface area (Å²) >= 11 is 6.22. The Hall–Kier alpha value is -2.63. The Labute approximate surface area is 210 Å². The van der Waals surface area contributed by atoms with E-state index in [0.29, 0.717) is 25.0 Å². The smallest absolute Gasteiger partial charge is 0.302 e. The highest BCUT2D eigenvalue weighted by molar-refractivity contribution is 7.92. The Morgan fingerprint density at radius 3 is 2.25 bits per heavy atom. The predicted octanol–water partition coefficient (Wildman–Crippen LogP) is 4.27. The second kappa shape index (κ2) is 9.68. The Kier molecular flexibility index (Phi) is 7.11. The fourth-order valence-corrected chi connectivity index (χ4v) is 8.18. The molecule has 2 aromatic carbocycles. The Balaban J connectivity index is 1.59. The highest BCUT2D eigenvalue weighted by Gasteiger charge is 2.54. The van der Waals surface area contributed by atoms with Crippen molar-refractivity contribution in [2.45, 2.75) is 48.4 Å². The van der Waals surface area contributed by atoms with Gasteiger partial charge in [0.05, 0.1) is 20.8 Å². The lowest BCUT2D eigenvalue weighted by molar-refractivity contribution is -0.152. The van der Waals surface area contributed by atoms with Gasteiger partial charge in [-0.1, -0.05) is 11.6 Å². The van der Waals surface area contributed by atoms with Crippen LogP contribution in [-0.4, -0.2) is 42.9 Å². The summed E-state index contributed by atoms with van der Waals surface area (Å²) in [7, 11) is -4.06. The molecule has 0 saturated heterocycles. The Bertz CT molecular complexity index is 1300. The molecule has 0 spiro atoms. The fourth-order valence-electron chi connectivity index (χ4n) is 5.34. The molecule has 0 aliphatic heterocycles. The molecule has 2 aromatic rings. The summed E-state index contributed by atoms with van der Waals surface area (Å²) in [5.41, 5.74) is -1.82. The monoisotopic (exact) mass is 545 g/mol. The second-order valence-electron chi connectivity index (χ2n) is 9.37. The third-order valence-corrected chi connectivity index (χ3v) is 9.64. The van der Waals surface area contributed by atoms with E-state index < -0.39 is 61.9 Å². The average molecular weight is 546 g/mol. The summed E-state index contributed by atoms with van der Waals surface area (Å²) in [6.07, 6.45) is 1.35. The van der Waals surface area contributed by atoms with Gasteiger partial charge in [-0.3, -0.25) is 9.59 Å². The van der Waals surface area contributed by atoms with Crippen LogP contribution >= 0.6 is 11.6 Å². The number of carbonyl (C=O) groups is 2. The molecule has 0 heterocycles. The molecule has 7 nitrogen and oxygen atoms in total. The van der Waals surface area contributed by atoms with E-state index >= 15 is 0 Å². The number of hydrogen-bond donors (Lipinski definition) is 2. The summed E-state index contributed by atoms with van der Waals surface area (Å²) in [4.78, 5) is 23.6. The van der Waals surface area contributed by atoms with Gasteiger partial charge in [-0.05, 0) is 55.7 Å². The third-order valence-electron chi connectivity index (χ3n) is 6.77. The lowest BCUT2D eigenvalue weighted by Gasteiger charge is -2.40. The van der Waals surface area contributed by atoms with Crippen molar-refractivity contribution in [1.29, 1.82) is 0 Å². The summed E-state index contributed by atoms with van der Waals surface area (Å²) in [6.45, 7) is 1.01. The van der Waals surface area contributed by atoms with E-state index in [-0.39, 0.29) is 40.6 Å². The van der Waals surface area contributed by atoms with Crippen LogP contribution in [0, 0.1) is 29.3 Å². The van der Waals surface area contributed by atoms with Gasteiger partial charge in [0.2, 0.25) is 0 Å². The minimum Gasteiger partial charge on any atom is -0.463 e. The maximum Gasteiger partial charge on any atom is 0.302 e. The normalized spacial score (nSPS) is 25.4. The number of rotatable bonds is 6. The number of carbonyl (C=O) groups excluding carboxylic acids is 2. The van der Waals surface area contributed by atoms with Crippen molar-refractivity contribution < 1.29 is 41.0 Å². The van der Waals surface area contributed by atoms with Crippen molar-refractivity contribution in [3.8, 4) is 0 Å². The summed E-state index contributed by atoms with van der Waals surface area (Å²) in [5.74, 6) is -6.91. The minimum atomic E-state index is -4.06. The molecular formula is C24H23ClF3NO6S. The summed E-state index contributed by atoms with van der Waals surface area (Å²) in [6, 6.07) is 4.76. The molecule has 194 valence electrons. The number of aliphatic hydroxyl groups is 1. The van der Waals surface area contributed by atoms with Gasteiger partial charge >= 0.3 is 5.97 Å². The van der Waals surface area contributed by atoms with Crippen LogP contribution < -0.4 is 5.32 Å². The first kappa shape index (κ1) is 26.4. The number of ether oxygens (including phenoxy) is 1. The van der Waals surface area contributed by atoms with Crippen LogP contribution in [0.4, 0.5) is 18.9 Å². The molecular weight excluding hydrogens is 523 g/mol. The molecule has 0 radical (unpaired) electrons. The number of nitrogens with one attached hydrogen (secondary N) is 1. The van der Waals surface area contributed by atoms with Crippen LogP contribution in [0.2, 0.25) is 5.02 Å². The summed E-state index contributed by atoms with van der Waals surface area (Å²) in [5, 5.41) is 12.1. The van der Waals surface area contributed by atoms with Crippen LogP contribution in [0.5, 0.6) is 0 Å². The van der Waals surface area contributed by atoms with Crippen LogP contribution in [0.3, 0.4) is 0 Å². The standard InChI is InChI=1S/C24H23ClF3NO6S/c1-12(30)35-11-24(32)9-14-2-3-15(10-24)22(14)36(33,34)20-6-13(4-5-17(20)25)23(31)29-16-7-18(26)21(28)19(27)8-16/h4-8,14-15,22,32H,2-3,9-11H2,1H3,(H,29,31)/t14-,15?,22?,24?/m0/s1. The maximum atomic E-state index is 13.7. The first-order valence-corrected chi connectivity index (χ1v) is 13.1. The average Bonchev–Trinajstić information content (AvgIpc) is 3.09. The number of anilines is 1. The number of esters is 1.